The van der Waals surface area contributed by atoms with Crippen LogP contribution in [0.3, 0.4) is 0 Å². The van der Waals surface area contributed by atoms with Gasteiger partial charge < -0.3 is 5.32 Å². The van der Waals surface area contributed by atoms with E-state index in [1.54, 1.807) is 12.1 Å². The van der Waals surface area contributed by atoms with E-state index in [-0.39, 0.29) is 10.9 Å². The second-order valence-corrected chi connectivity index (χ2v) is 6.85. The molecule has 0 amide bonds. The van der Waals surface area contributed by atoms with Crippen LogP contribution in [0.2, 0.25) is 0 Å². The highest BCUT2D eigenvalue weighted by Crippen LogP contribution is 2.25. The minimum absolute atomic E-state index is 0.259. The van der Waals surface area contributed by atoms with Gasteiger partial charge in [0.15, 0.2) is 0 Å². The standard InChI is InChI=1S/C16H17N3O2S/c1-12-7-8-14-15(11-12)22(20,21)19-16(18-14)17-10-9-13-5-3-2-4-6-13/h2-8,11H,9-10H2,1H3,(H2,17,18,19). The maximum atomic E-state index is 12.2. The van der Waals surface area contributed by atoms with Gasteiger partial charge in [0.2, 0.25) is 5.96 Å². The number of benzene rings is 2. The summed E-state index contributed by atoms with van der Waals surface area (Å²) >= 11 is 0. The number of nitrogens with zero attached hydrogens (tertiary/aromatic N) is 1. The number of aliphatic imine (C=N–C) groups is 1. The first-order chi connectivity index (χ1) is 10.5. The van der Waals surface area contributed by atoms with Crippen molar-refractivity contribution in [2.75, 3.05) is 11.9 Å². The molecule has 0 atom stereocenters. The quantitative estimate of drug-likeness (QED) is 0.913. The van der Waals surface area contributed by atoms with Crippen LogP contribution >= 0.6 is 0 Å². The highest BCUT2D eigenvalue weighted by Gasteiger charge is 2.26. The van der Waals surface area contributed by atoms with Gasteiger partial charge in [0.25, 0.3) is 10.0 Å². The number of hydrogen-bond acceptors (Lipinski definition) is 3. The first-order valence-electron chi connectivity index (χ1n) is 7.03. The van der Waals surface area contributed by atoms with Crippen molar-refractivity contribution >= 4 is 21.7 Å². The van der Waals surface area contributed by atoms with Crippen LogP contribution in [0.4, 0.5) is 5.69 Å². The number of fused-ring (bicyclic) bond motifs is 1. The lowest BCUT2D eigenvalue weighted by molar-refractivity contribution is 0.591. The molecule has 2 aromatic carbocycles. The summed E-state index contributed by atoms with van der Waals surface area (Å²) in [6.07, 6.45) is 0.758. The van der Waals surface area contributed by atoms with Gasteiger partial charge in [-0.25, -0.2) is 13.1 Å². The van der Waals surface area contributed by atoms with Crippen molar-refractivity contribution in [1.29, 1.82) is 0 Å². The van der Waals surface area contributed by atoms with Crippen LogP contribution in [0.15, 0.2) is 58.4 Å². The van der Waals surface area contributed by atoms with Gasteiger partial charge in [-0.2, -0.15) is 0 Å². The summed E-state index contributed by atoms with van der Waals surface area (Å²) in [5.41, 5.74) is 2.62. The van der Waals surface area contributed by atoms with Crippen molar-refractivity contribution in [3.05, 3.63) is 59.7 Å². The van der Waals surface area contributed by atoms with Gasteiger partial charge in [0, 0.05) is 6.54 Å². The molecule has 0 fully saturated rings. The number of guanidine groups is 1. The summed E-state index contributed by atoms with van der Waals surface area (Å²) in [6, 6.07) is 15.2. The number of anilines is 1. The third kappa shape index (κ3) is 3.12. The van der Waals surface area contributed by atoms with E-state index in [2.05, 4.69) is 15.0 Å². The van der Waals surface area contributed by atoms with E-state index >= 15 is 0 Å². The zero-order valence-electron chi connectivity index (χ0n) is 12.2. The van der Waals surface area contributed by atoms with Gasteiger partial charge in [-0.1, -0.05) is 36.4 Å². The lowest BCUT2D eigenvalue weighted by atomic mass is 10.2. The molecule has 114 valence electrons. The maximum Gasteiger partial charge on any atom is 0.266 e. The highest BCUT2D eigenvalue weighted by atomic mass is 32.2. The van der Waals surface area contributed by atoms with E-state index in [1.165, 1.54) is 5.56 Å². The Hall–Kier alpha value is -2.34. The molecule has 2 aromatic rings. The minimum atomic E-state index is -3.55. The third-order valence-corrected chi connectivity index (χ3v) is 4.80. The Bertz CT molecular complexity index is 815. The first-order valence-corrected chi connectivity index (χ1v) is 8.52. The van der Waals surface area contributed by atoms with Gasteiger partial charge in [-0.15, -0.1) is 0 Å². The number of sulfonamides is 1. The fraction of sp³-hybridized carbons (Fsp3) is 0.188. The van der Waals surface area contributed by atoms with E-state index in [1.807, 2.05) is 43.3 Å². The van der Waals surface area contributed by atoms with Crippen LogP contribution in [0.5, 0.6) is 0 Å². The second kappa shape index (κ2) is 5.81. The third-order valence-electron chi connectivity index (χ3n) is 3.42. The zero-order valence-corrected chi connectivity index (χ0v) is 13.0. The van der Waals surface area contributed by atoms with E-state index in [0.29, 0.717) is 12.2 Å². The smallest absolute Gasteiger partial charge is 0.266 e. The Morgan fingerprint density at radius 1 is 1.09 bits per heavy atom. The summed E-state index contributed by atoms with van der Waals surface area (Å²) in [5, 5.41) is 3.03. The van der Waals surface area contributed by atoms with Gasteiger partial charge in [-0.3, -0.25) is 4.99 Å². The van der Waals surface area contributed by atoms with Gasteiger partial charge >= 0.3 is 0 Å². The molecule has 0 aliphatic carbocycles. The number of hydrogen-bond donors (Lipinski definition) is 2. The Labute approximate surface area is 130 Å². The van der Waals surface area contributed by atoms with Crippen molar-refractivity contribution in [3.63, 3.8) is 0 Å². The molecule has 1 aliphatic rings. The molecule has 0 bridgehead atoms. The molecule has 0 saturated carbocycles. The monoisotopic (exact) mass is 315 g/mol. The summed E-state index contributed by atoms with van der Waals surface area (Å²) < 4.78 is 26.9. The molecule has 3 rings (SSSR count). The topological polar surface area (TPSA) is 70.6 Å². The molecule has 5 nitrogen and oxygen atoms in total. The van der Waals surface area contributed by atoms with Crippen LogP contribution in [-0.4, -0.2) is 20.9 Å². The Morgan fingerprint density at radius 2 is 1.86 bits per heavy atom. The molecule has 0 saturated heterocycles. The molecule has 0 aromatic heterocycles. The molecule has 1 heterocycles. The van der Waals surface area contributed by atoms with E-state index < -0.39 is 10.0 Å². The largest absolute Gasteiger partial charge is 0.324 e. The number of nitrogens with one attached hydrogen (secondary N) is 2. The SMILES string of the molecule is Cc1ccc2c(c1)S(=O)(=O)NC(=NCCc1ccccc1)N2. The lowest BCUT2D eigenvalue weighted by Crippen LogP contribution is -2.40. The van der Waals surface area contributed by atoms with Crippen molar-refractivity contribution in [1.82, 2.24) is 4.72 Å². The molecule has 6 heteroatoms. The van der Waals surface area contributed by atoms with E-state index in [9.17, 15) is 8.42 Å². The van der Waals surface area contributed by atoms with Gasteiger partial charge in [-0.05, 0) is 36.6 Å². The van der Waals surface area contributed by atoms with Crippen LogP contribution in [0, 0.1) is 6.92 Å². The van der Waals surface area contributed by atoms with Gasteiger partial charge in [0.1, 0.15) is 4.90 Å². The average Bonchev–Trinajstić information content (AvgIpc) is 2.49. The molecule has 1 aliphatic heterocycles. The maximum absolute atomic E-state index is 12.2. The van der Waals surface area contributed by atoms with Crippen molar-refractivity contribution in [3.8, 4) is 0 Å². The Balaban J connectivity index is 1.77. The van der Waals surface area contributed by atoms with Crippen LogP contribution < -0.4 is 10.0 Å². The lowest BCUT2D eigenvalue weighted by Gasteiger charge is -2.21. The van der Waals surface area contributed by atoms with Crippen LogP contribution in [-0.2, 0) is 16.4 Å². The molecule has 0 spiro atoms. The van der Waals surface area contributed by atoms with Crippen molar-refractivity contribution in [2.24, 2.45) is 4.99 Å². The van der Waals surface area contributed by atoms with Crippen LogP contribution in [0.25, 0.3) is 0 Å². The highest BCUT2D eigenvalue weighted by molar-refractivity contribution is 7.90. The van der Waals surface area contributed by atoms with Crippen LogP contribution in [0.1, 0.15) is 11.1 Å². The zero-order chi connectivity index (χ0) is 15.6. The molecule has 0 radical (unpaired) electrons. The minimum Gasteiger partial charge on any atom is -0.324 e. The summed E-state index contributed by atoms with van der Waals surface area (Å²) in [4.78, 5) is 4.57. The number of rotatable bonds is 3. The van der Waals surface area contributed by atoms with Crippen molar-refractivity contribution < 1.29 is 8.42 Å². The summed E-state index contributed by atoms with van der Waals surface area (Å²) in [6.45, 7) is 2.37. The fourth-order valence-electron chi connectivity index (χ4n) is 2.30. The van der Waals surface area contributed by atoms with Crippen molar-refractivity contribution in [2.45, 2.75) is 18.2 Å². The molecule has 0 unspecified atom stereocenters. The molecular weight excluding hydrogens is 298 g/mol. The summed E-state index contributed by atoms with van der Waals surface area (Å²) in [5.74, 6) is 0.271. The van der Waals surface area contributed by atoms with Gasteiger partial charge in [0.05, 0.1) is 5.69 Å². The molecule has 22 heavy (non-hydrogen) atoms. The Morgan fingerprint density at radius 3 is 2.64 bits per heavy atom. The first kappa shape index (κ1) is 14.6. The van der Waals surface area contributed by atoms with E-state index in [0.717, 1.165) is 12.0 Å². The molecular formula is C16H17N3O2S. The predicted octanol–water partition coefficient (Wildman–Crippen LogP) is 2.30. The summed E-state index contributed by atoms with van der Waals surface area (Å²) in [7, 11) is -3.55. The van der Waals surface area contributed by atoms with E-state index in [4.69, 9.17) is 0 Å². The molecule has 2 N–H and O–H groups in total. The predicted molar refractivity (Wildman–Crippen MR) is 87.6 cm³/mol. The Kier molecular flexibility index (Phi) is 3.85. The normalized spacial score (nSPS) is 17.4. The average molecular weight is 315 g/mol. The fourth-order valence-corrected chi connectivity index (χ4v) is 3.53. The number of aryl methyl sites for hydroxylation is 1. The second-order valence-electron chi connectivity index (χ2n) is 5.20.